The van der Waals surface area contributed by atoms with Crippen molar-refractivity contribution in [2.45, 2.75) is 6.42 Å². The van der Waals surface area contributed by atoms with Gasteiger partial charge in [0.1, 0.15) is 11.5 Å². The first-order chi connectivity index (χ1) is 9.22. The van der Waals surface area contributed by atoms with E-state index in [1.165, 1.54) is 0 Å². The molecular formula is C15H11N3O. The van der Waals surface area contributed by atoms with E-state index < -0.39 is 0 Å². The number of hydrogen-bond donors (Lipinski definition) is 1. The van der Waals surface area contributed by atoms with E-state index in [2.05, 4.69) is 12.1 Å². The summed E-state index contributed by atoms with van der Waals surface area (Å²) in [6.45, 7) is 0. The van der Waals surface area contributed by atoms with Crippen molar-refractivity contribution in [1.29, 1.82) is 10.5 Å². The summed E-state index contributed by atoms with van der Waals surface area (Å²) in [4.78, 5) is 0. The van der Waals surface area contributed by atoms with Crippen LogP contribution in [0.25, 0.3) is 0 Å². The van der Waals surface area contributed by atoms with Crippen LogP contribution in [-0.2, 0) is 6.42 Å². The number of anilines is 1. The first-order valence-corrected chi connectivity index (χ1v) is 5.66. The summed E-state index contributed by atoms with van der Waals surface area (Å²) in [5.41, 5.74) is 7.60. The largest absolute Gasteiger partial charge is 0.457 e. The summed E-state index contributed by atoms with van der Waals surface area (Å²) in [7, 11) is 0. The Morgan fingerprint density at radius 2 is 1.84 bits per heavy atom. The Bertz CT molecular complexity index is 681. The van der Waals surface area contributed by atoms with E-state index in [4.69, 9.17) is 21.0 Å². The summed E-state index contributed by atoms with van der Waals surface area (Å²) >= 11 is 0. The van der Waals surface area contributed by atoms with Crippen molar-refractivity contribution in [2.24, 2.45) is 0 Å². The molecule has 0 atom stereocenters. The number of nitriles is 2. The number of hydrogen-bond acceptors (Lipinski definition) is 4. The molecule has 4 nitrogen and oxygen atoms in total. The summed E-state index contributed by atoms with van der Waals surface area (Å²) in [6, 6.07) is 16.2. The van der Waals surface area contributed by atoms with E-state index in [0.717, 1.165) is 5.56 Å². The molecule has 0 saturated carbocycles. The molecule has 0 aliphatic carbocycles. The molecule has 2 aromatic carbocycles. The highest BCUT2D eigenvalue weighted by molar-refractivity contribution is 5.52. The van der Waals surface area contributed by atoms with Crippen molar-refractivity contribution in [3.63, 3.8) is 0 Å². The Morgan fingerprint density at radius 1 is 1.05 bits per heavy atom. The fourth-order valence-electron chi connectivity index (χ4n) is 1.65. The fraction of sp³-hybridized carbons (Fsp3) is 0.0667. The topological polar surface area (TPSA) is 82.8 Å². The second kappa shape index (κ2) is 5.57. The molecule has 2 rings (SSSR count). The van der Waals surface area contributed by atoms with Crippen LogP contribution in [0.4, 0.5) is 5.69 Å². The molecule has 4 heteroatoms. The minimum Gasteiger partial charge on any atom is -0.457 e. The van der Waals surface area contributed by atoms with Crippen molar-refractivity contribution in [3.05, 3.63) is 53.6 Å². The molecule has 0 heterocycles. The standard InChI is InChI=1S/C15H11N3O/c16-7-6-12-9-14(4-5-15(12)18)19-13-3-1-2-11(8-13)10-17/h1-5,8-9H,6,18H2. The van der Waals surface area contributed by atoms with Gasteiger partial charge in [0.25, 0.3) is 0 Å². The lowest BCUT2D eigenvalue weighted by Gasteiger charge is -2.08. The van der Waals surface area contributed by atoms with Crippen molar-refractivity contribution < 1.29 is 4.74 Å². The molecule has 0 aromatic heterocycles. The highest BCUT2D eigenvalue weighted by Crippen LogP contribution is 2.25. The van der Waals surface area contributed by atoms with Gasteiger partial charge in [-0.05, 0) is 42.0 Å². The van der Waals surface area contributed by atoms with Crippen LogP contribution >= 0.6 is 0 Å². The molecule has 0 bridgehead atoms. The highest BCUT2D eigenvalue weighted by atomic mass is 16.5. The molecule has 0 saturated heterocycles. The first-order valence-electron chi connectivity index (χ1n) is 5.66. The van der Waals surface area contributed by atoms with Gasteiger partial charge in [0, 0.05) is 5.69 Å². The van der Waals surface area contributed by atoms with Crippen molar-refractivity contribution in [1.82, 2.24) is 0 Å². The van der Waals surface area contributed by atoms with E-state index in [9.17, 15) is 0 Å². The lowest BCUT2D eigenvalue weighted by Crippen LogP contribution is -1.94. The summed E-state index contributed by atoms with van der Waals surface area (Å²) in [6.07, 6.45) is 0.237. The van der Waals surface area contributed by atoms with E-state index in [1.54, 1.807) is 42.5 Å². The van der Waals surface area contributed by atoms with Gasteiger partial charge in [-0.2, -0.15) is 10.5 Å². The Morgan fingerprint density at radius 3 is 2.58 bits per heavy atom. The molecule has 2 aromatic rings. The van der Waals surface area contributed by atoms with E-state index >= 15 is 0 Å². The molecule has 19 heavy (non-hydrogen) atoms. The van der Waals surface area contributed by atoms with Crippen LogP contribution < -0.4 is 10.5 Å². The minimum atomic E-state index is 0.237. The summed E-state index contributed by atoms with van der Waals surface area (Å²) in [5.74, 6) is 1.17. The number of nitrogens with zero attached hydrogens (tertiary/aromatic N) is 2. The monoisotopic (exact) mass is 249 g/mol. The average molecular weight is 249 g/mol. The highest BCUT2D eigenvalue weighted by Gasteiger charge is 2.03. The number of ether oxygens (including phenoxy) is 1. The van der Waals surface area contributed by atoms with E-state index in [1.807, 2.05) is 0 Å². The SMILES string of the molecule is N#CCc1cc(Oc2cccc(C#N)c2)ccc1N. The predicted molar refractivity (Wildman–Crippen MR) is 71.4 cm³/mol. The van der Waals surface area contributed by atoms with Crippen LogP contribution in [0.2, 0.25) is 0 Å². The molecular weight excluding hydrogens is 238 g/mol. The molecule has 0 fully saturated rings. The van der Waals surface area contributed by atoms with Gasteiger partial charge in [-0.3, -0.25) is 0 Å². The van der Waals surface area contributed by atoms with Crippen LogP contribution in [0.1, 0.15) is 11.1 Å². The van der Waals surface area contributed by atoms with Gasteiger partial charge < -0.3 is 10.5 Å². The molecule has 92 valence electrons. The fourth-order valence-corrected chi connectivity index (χ4v) is 1.65. The smallest absolute Gasteiger partial charge is 0.128 e. The van der Waals surface area contributed by atoms with Gasteiger partial charge in [0.2, 0.25) is 0 Å². The van der Waals surface area contributed by atoms with Crippen LogP contribution in [-0.4, -0.2) is 0 Å². The van der Waals surface area contributed by atoms with Crippen LogP contribution in [0.15, 0.2) is 42.5 Å². The number of rotatable bonds is 3. The predicted octanol–water partition coefficient (Wildman–Crippen LogP) is 3.00. The Balaban J connectivity index is 2.26. The summed E-state index contributed by atoms with van der Waals surface area (Å²) in [5, 5.41) is 17.5. The first kappa shape index (κ1) is 12.5. The molecule has 0 spiro atoms. The maximum atomic E-state index is 8.82. The zero-order valence-corrected chi connectivity index (χ0v) is 10.1. The van der Waals surface area contributed by atoms with Gasteiger partial charge in [-0.25, -0.2) is 0 Å². The molecule has 0 aliphatic heterocycles. The molecule has 0 amide bonds. The lowest BCUT2D eigenvalue weighted by atomic mass is 10.1. The minimum absolute atomic E-state index is 0.237. The molecule has 2 N–H and O–H groups in total. The molecule has 0 unspecified atom stereocenters. The normalized spacial score (nSPS) is 9.37. The summed E-state index contributed by atoms with van der Waals surface area (Å²) < 4.78 is 5.65. The third kappa shape index (κ3) is 3.02. The second-order valence-electron chi connectivity index (χ2n) is 3.94. The van der Waals surface area contributed by atoms with Crippen molar-refractivity contribution >= 4 is 5.69 Å². The van der Waals surface area contributed by atoms with Crippen LogP contribution in [0.3, 0.4) is 0 Å². The van der Waals surface area contributed by atoms with Crippen molar-refractivity contribution in [2.75, 3.05) is 5.73 Å². The zero-order chi connectivity index (χ0) is 13.7. The maximum absolute atomic E-state index is 8.82. The van der Waals surface area contributed by atoms with Crippen LogP contribution in [0.5, 0.6) is 11.5 Å². The van der Waals surface area contributed by atoms with E-state index in [-0.39, 0.29) is 6.42 Å². The number of nitrogens with two attached hydrogens (primary N) is 1. The van der Waals surface area contributed by atoms with Crippen LogP contribution in [0, 0.1) is 22.7 Å². The van der Waals surface area contributed by atoms with Gasteiger partial charge in [-0.1, -0.05) is 6.07 Å². The van der Waals surface area contributed by atoms with Crippen molar-refractivity contribution in [3.8, 4) is 23.6 Å². The maximum Gasteiger partial charge on any atom is 0.128 e. The number of benzene rings is 2. The lowest BCUT2D eigenvalue weighted by molar-refractivity contribution is 0.482. The zero-order valence-electron chi connectivity index (χ0n) is 10.1. The second-order valence-corrected chi connectivity index (χ2v) is 3.94. The van der Waals surface area contributed by atoms with Gasteiger partial charge in [0.05, 0.1) is 24.1 Å². The number of nitrogen functional groups attached to an aromatic ring is 1. The Labute approximate surface area is 111 Å². The third-order valence-corrected chi connectivity index (χ3v) is 2.58. The Hall–Kier alpha value is -2.98. The van der Waals surface area contributed by atoms with Gasteiger partial charge in [0.15, 0.2) is 0 Å². The van der Waals surface area contributed by atoms with Gasteiger partial charge >= 0.3 is 0 Å². The van der Waals surface area contributed by atoms with E-state index in [0.29, 0.717) is 22.7 Å². The quantitative estimate of drug-likeness (QED) is 0.847. The van der Waals surface area contributed by atoms with Gasteiger partial charge in [-0.15, -0.1) is 0 Å². The third-order valence-electron chi connectivity index (χ3n) is 2.58. The molecule has 0 aliphatic rings. The average Bonchev–Trinajstić information content (AvgIpc) is 2.43. The molecule has 0 radical (unpaired) electrons. The Kier molecular flexibility index (Phi) is 3.66.